The summed E-state index contributed by atoms with van der Waals surface area (Å²) in [5.41, 5.74) is 5.28. The molecule has 1 atom stereocenters. The third-order valence-electron chi connectivity index (χ3n) is 4.10. The van der Waals surface area contributed by atoms with E-state index in [4.69, 9.17) is 5.73 Å². The van der Waals surface area contributed by atoms with Gasteiger partial charge in [-0.15, -0.1) is 0 Å². The predicted octanol–water partition coefficient (Wildman–Crippen LogP) is 0.738. The van der Waals surface area contributed by atoms with Crippen LogP contribution in [0.5, 0.6) is 0 Å². The fraction of sp³-hybridized carbons (Fsp3) is 0.533. The van der Waals surface area contributed by atoms with E-state index in [0.29, 0.717) is 12.5 Å². The number of nitrogens with one attached hydrogen (secondary N) is 2. The Bertz CT molecular complexity index is 676. The van der Waals surface area contributed by atoms with E-state index < -0.39 is 26.3 Å². The molecule has 1 fully saturated rings. The van der Waals surface area contributed by atoms with Gasteiger partial charge in [0.05, 0.1) is 5.54 Å². The summed E-state index contributed by atoms with van der Waals surface area (Å²) in [7, 11) is -3.97. The number of nitrogens with two attached hydrogens (primary N) is 1. The van der Waals surface area contributed by atoms with Crippen molar-refractivity contribution in [3.8, 4) is 0 Å². The first-order valence-electron chi connectivity index (χ1n) is 7.54. The minimum absolute atomic E-state index is 0.0318. The number of amides is 1. The van der Waals surface area contributed by atoms with Crippen molar-refractivity contribution in [1.29, 1.82) is 0 Å². The lowest BCUT2D eigenvalue weighted by Crippen LogP contribution is -2.53. The molecule has 1 amide bonds. The average molecular weight is 343 g/mol. The number of benzene rings is 1. The summed E-state index contributed by atoms with van der Waals surface area (Å²) in [5, 5.41) is 2.87. The molecule has 0 radical (unpaired) electrons. The van der Waals surface area contributed by atoms with Crippen LogP contribution in [0.4, 0.5) is 4.39 Å². The standard InChI is InChI=1S/C15H22FN3O3S/c1-15(10-17,11-6-7-11)19-14(20)8-9-18-23(21,22)13-5-3-2-4-12(13)16/h2-5,11,18H,6-10,17H2,1H3,(H,19,20). The van der Waals surface area contributed by atoms with Crippen molar-refractivity contribution in [2.45, 2.75) is 36.6 Å². The van der Waals surface area contributed by atoms with Gasteiger partial charge in [-0.1, -0.05) is 12.1 Å². The van der Waals surface area contributed by atoms with Gasteiger partial charge in [-0.05, 0) is 37.8 Å². The molecule has 1 aromatic rings. The smallest absolute Gasteiger partial charge is 0.243 e. The largest absolute Gasteiger partial charge is 0.349 e. The monoisotopic (exact) mass is 343 g/mol. The number of halogens is 1. The fourth-order valence-electron chi connectivity index (χ4n) is 2.46. The molecule has 1 unspecified atom stereocenters. The first-order chi connectivity index (χ1) is 10.8. The lowest BCUT2D eigenvalue weighted by molar-refractivity contribution is -0.122. The van der Waals surface area contributed by atoms with Crippen molar-refractivity contribution < 1.29 is 17.6 Å². The molecule has 0 heterocycles. The molecule has 0 saturated heterocycles. The second kappa shape index (κ2) is 6.94. The van der Waals surface area contributed by atoms with Crippen LogP contribution in [0, 0.1) is 11.7 Å². The molecule has 2 rings (SSSR count). The number of sulfonamides is 1. The molecule has 1 saturated carbocycles. The number of carbonyl (C=O) groups is 1. The maximum Gasteiger partial charge on any atom is 0.243 e. The van der Waals surface area contributed by atoms with Gasteiger partial charge >= 0.3 is 0 Å². The molecule has 1 aliphatic carbocycles. The highest BCUT2D eigenvalue weighted by atomic mass is 32.2. The Morgan fingerprint density at radius 2 is 2.04 bits per heavy atom. The van der Waals surface area contributed by atoms with E-state index in [0.717, 1.165) is 18.9 Å². The molecule has 1 aliphatic rings. The van der Waals surface area contributed by atoms with Gasteiger partial charge in [-0.2, -0.15) is 0 Å². The molecule has 8 heteroatoms. The Balaban J connectivity index is 1.87. The van der Waals surface area contributed by atoms with Crippen molar-refractivity contribution in [3.05, 3.63) is 30.1 Å². The first-order valence-corrected chi connectivity index (χ1v) is 9.02. The Labute approximate surface area is 135 Å². The van der Waals surface area contributed by atoms with Crippen LogP contribution in [-0.2, 0) is 14.8 Å². The summed E-state index contributed by atoms with van der Waals surface area (Å²) in [6, 6.07) is 5.10. The summed E-state index contributed by atoms with van der Waals surface area (Å²) in [5.74, 6) is -0.721. The summed E-state index contributed by atoms with van der Waals surface area (Å²) in [6.45, 7) is 2.13. The van der Waals surface area contributed by atoms with Crippen molar-refractivity contribution in [1.82, 2.24) is 10.0 Å². The third kappa shape index (κ3) is 4.49. The quantitative estimate of drug-likeness (QED) is 0.648. The van der Waals surface area contributed by atoms with Crippen LogP contribution in [0.15, 0.2) is 29.2 Å². The molecule has 0 spiro atoms. The van der Waals surface area contributed by atoms with E-state index in [1.165, 1.54) is 18.2 Å². The van der Waals surface area contributed by atoms with Crippen molar-refractivity contribution in [2.24, 2.45) is 11.7 Å². The summed E-state index contributed by atoms with van der Waals surface area (Å²) >= 11 is 0. The molecule has 0 bridgehead atoms. The van der Waals surface area contributed by atoms with Gasteiger partial charge in [0.1, 0.15) is 10.7 Å². The molecule has 1 aromatic carbocycles. The zero-order valence-electron chi connectivity index (χ0n) is 13.0. The van der Waals surface area contributed by atoms with Crippen molar-refractivity contribution >= 4 is 15.9 Å². The van der Waals surface area contributed by atoms with Crippen LogP contribution in [-0.4, -0.2) is 33.0 Å². The van der Waals surface area contributed by atoms with Crippen molar-refractivity contribution in [2.75, 3.05) is 13.1 Å². The Hall–Kier alpha value is -1.51. The number of rotatable bonds is 8. The molecule has 0 aromatic heterocycles. The molecular weight excluding hydrogens is 321 g/mol. The van der Waals surface area contributed by atoms with Gasteiger partial charge in [-0.25, -0.2) is 17.5 Å². The maximum atomic E-state index is 13.5. The minimum Gasteiger partial charge on any atom is -0.349 e. The zero-order chi connectivity index (χ0) is 17.1. The van der Waals surface area contributed by atoms with Gasteiger partial charge in [0.15, 0.2) is 0 Å². The Morgan fingerprint density at radius 3 is 2.61 bits per heavy atom. The highest BCUT2D eigenvalue weighted by Gasteiger charge is 2.41. The second-order valence-corrected chi connectivity index (χ2v) is 7.76. The van der Waals surface area contributed by atoms with Crippen LogP contribution in [0.1, 0.15) is 26.2 Å². The van der Waals surface area contributed by atoms with Crippen LogP contribution in [0.3, 0.4) is 0 Å². The predicted molar refractivity (Wildman–Crippen MR) is 84.5 cm³/mol. The van der Waals surface area contributed by atoms with E-state index in [-0.39, 0.29) is 18.9 Å². The SMILES string of the molecule is CC(CN)(NC(=O)CCNS(=O)(=O)c1ccccc1F)C1CC1. The number of carbonyl (C=O) groups excluding carboxylic acids is 1. The van der Waals surface area contributed by atoms with Gasteiger partial charge in [0.25, 0.3) is 0 Å². The van der Waals surface area contributed by atoms with Gasteiger partial charge < -0.3 is 11.1 Å². The summed E-state index contributed by atoms with van der Waals surface area (Å²) in [6.07, 6.45) is 2.04. The fourth-order valence-corrected chi connectivity index (χ4v) is 3.57. The van der Waals surface area contributed by atoms with Crippen LogP contribution < -0.4 is 15.8 Å². The molecule has 23 heavy (non-hydrogen) atoms. The highest BCUT2D eigenvalue weighted by Crippen LogP contribution is 2.38. The average Bonchev–Trinajstić information content (AvgIpc) is 3.32. The zero-order valence-corrected chi connectivity index (χ0v) is 13.8. The van der Waals surface area contributed by atoms with E-state index in [9.17, 15) is 17.6 Å². The highest BCUT2D eigenvalue weighted by molar-refractivity contribution is 7.89. The maximum absolute atomic E-state index is 13.5. The lowest BCUT2D eigenvalue weighted by atomic mass is 9.96. The van der Waals surface area contributed by atoms with Gasteiger partial charge in [0.2, 0.25) is 15.9 Å². The third-order valence-corrected chi connectivity index (χ3v) is 5.59. The van der Waals surface area contributed by atoms with E-state index in [2.05, 4.69) is 10.0 Å². The van der Waals surface area contributed by atoms with E-state index in [1.807, 2.05) is 6.92 Å². The molecule has 128 valence electrons. The van der Waals surface area contributed by atoms with Gasteiger partial charge in [-0.3, -0.25) is 4.79 Å². The topological polar surface area (TPSA) is 101 Å². The molecule has 6 nitrogen and oxygen atoms in total. The van der Waals surface area contributed by atoms with E-state index in [1.54, 1.807) is 0 Å². The van der Waals surface area contributed by atoms with Gasteiger partial charge in [0, 0.05) is 19.5 Å². The van der Waals surface area contributed by atoms with E-state index >= 15 is 0 Å². The Kier molecular flexibility index (Phi) is 5.38. The summed E-state index contributed by atoms with van der Waals surface area (Å²) < 4.78 is 39.7. The minimum atomic E-state index is -3.97. The molecule has 0 aliphatic heterocycles. The first kappa shape index (κ1) is 17.8. The number of hydrogen-bond acceptors (Lipinski definition) is 4. The van der Waals surface area contributed by atoms with Crippen LogP contribution >= 0.6 is 0 Å². The second-order valence-electron chi connectivity index (χ2n) is 6.02. The number of hydrogen-bond donors (Lipinski definition) is 3. The Morgan fingerprint density at radius 1 is 1.39 bits per heavy atom. The van der Waals surface area contributed by atoms with Crippen molar-refractivity contribution in [3.63, 3.8) is 0 Å². The van der Waals surface area contributed by atoms with Crippen LogP contribution in [0.25, 0.3) is 0 Å². The lowest BCUT2D eigenvalue weighted by Gasteiger charge is -2.29. The van der Waals surface area contributed by atoms with Crippen LogP contribution in [0.2, 0.25) is 0 Å². The molecular formula is C15H22FN3O3S. The summed E-state index contributed by atoms with van der Waals surface area (Å²) in [4.78, 5) is 11.5. The molecule has 4 N–H and O–H groups in total. The normalized spacial score (nSPS) is 17.5.